The molecule has 240 valence electrons. The summed E-state index contributed by atoms with van der Waals surface area (Å²) in [5, 5.41) is 5.36. The zero-order valence-corrected chi connectivity index (χ0v) is 26.7. The van der Waals surface area contributed by atoms with Gasteiger partial charge in [0.15, 0.2) is 5.82 Å². The molecule has 2 heterocycles. The minimum atomic E-state index is -1.22. The van der Waals surface area contributed by atoms with Crippen molar-refractivity contribution in [2.45, 2.75) is 57.8 Å². The molecule has 10 nitrogen and oxygen atoms in total. The van der Waals surface area contributed by atoms with Crippen LogP contribution in [0.3, 0.4) is 0 Å². The Labute approximate surface area is 269 Å². The van der Waals surface area contributed by atoms with E-state index in [9.17, 15) is 18.8 Å². The predicted molar refractivity (Wildman–Crippen MR) is 171 cm³/mol. The SMILES string of the molecule is CC1CCN(C(=O)C(c2cccc(F)c2)n2cnc(NC(=O)[C@@H](COCc3ccccc3)NC(=O)C(C)(C)N)c2)CC1.Cl.Cl. The number of likely N-dealkylation sites (tertiary alicyclic amines) is 1. The van der Waals surface area contributed by atoms with Gasteiger partial charge in [-0.15, -0.1) is 24.8 Å². The first-order valence-corrected chi connectivity index (χ1v) is 14.1. The highest BCUT2D eigenvalue weighted by atomic mass is 35.5. The highest BCUT2D eigenvalue weighted by molar-refractivity contribution is 5.98. The summed E-state index contributed by atoms with van der Waals surface area (Å²) in [5.41, 5.74) is 6.10. The van der Waals surface area contributed by atoms with Crippen molar-refractivity contribution in [2.24, 2.45) is 11.7 Å². The van der Waals surface area contributed by atoms with Crippen LogP contribution in [0.5, 0.6) is 0 Å². The topological polar surface area (TPSA) is 132 Å². The molecule has 0 bridgehead atoms. The maximum absolute atomic E-state index is 14.2. The monoisotopic (exact) mass is 650 g/mol. The number of nitrogens with two attached hydrogens (primary N) is 1. The molecule has 0 aliphatic carbocycles. The Bertz CT molecular complexity index is 1380. The van der Waals surface area contributed by atoms with Crippen molar-refractivity contribution in [3.8, 4) is 0 Å². The molecule has 2 atom stereocenters. The molecule has 3 aromatic rings. The summed E-state index contributed by atoms with van der Waals surface area (Å²) in [6.45, 7) is 6.60. The Morgan fingerprint density at radius 1 is 1.09 bits per heavy atom. The van der Waals surface area contributed by atoms with Gasteiger partial charge in [-0.3, -0.25) is 14.4 Å². The fourth-order valence-corrected chi connectivity index (χ4v) is 4.67. The first kappa shape index (κ1) is 36.7. The molecule has 1 fully saturated rings. The van der Waals surface area contributed by atoms with E-state index in [-0.39, 0.29) is 49.8 Å². The third kappa shape index (κ3) is 10.0. The van der Waals surface area contributed by atoms with Gasteiger partial charge in [-0.1, -0.05) is 49.4 Å². The summed E-state index contributed by atoms with van der Waals surface area (Å²) >= 11 is 0. The molecular weight excluding hydrogens is 610 g/mol. The number of anilines is 1. The van der Waals surface area contributed by atoms with Crippen LogP contribution in [0, 0.1) is 11.7 Å². The third-order valence-electron chi connectivity index (χ3n) is 7.25. The standard InChI is InChI=1S/C31H39FN6O4.2ClH/c1-21-12-14-37(15-13-21)29(40)27(23-10-7-11-24(32)16-23)38-17-26(34-20-38)36-28(39)25(35-30(41)31(2,3)33)19-42-18-22-8-5-4-6-9-22;;/h4-11,16-17,20-21,25,27H,12-15,18-19,33H2,1-3H3,(H,35,41)(H,36,39);2*1H/t25-,27?;;/m1../s1. The number of ether oxygens (including phenoxy) is 1. The van der Waals surface area contributed by atoms with E-state index in [1.807, 2.05) is 30.3 Å². The van der Waals surface area contributed by atoms with Crippen molar-refractivity contribution >= 4 is 48.4 Å². The van der Waals surface area contributed by atoms with Crippen molar-refractivity contribution in [3.63, 3.8) is 0 Å². The van der Waals surface area contributed by atoms with E-state index in [2.05, 4.69) is 22.5 Å². The van der Waals surface area contributed by atoms with E-state index < -0.39 is 35.3 Å². The number of piperidine rings is 1. The highest BCUT2D eigenvalue weighted by Crippen LogP contribution is 2.26. The fraction of sp³-hybridized carbons (Fsp3) is 0.419. The van der Waals surface area contributed by atoms with Crippen LogP contribution < -0.4 is 16.4 Å². The molecule has 4 N–H and O–H groups in total. The van der Waals surface area contributed by atoms with Gasteiger partial charge >= 0.3 is 0 Å². The van der Waals surface area contributed by atoms with Crippen LogP contribution in [0.15, 0.2) is 67.1 Å². The Hall–Kier alpha value is -3.51. The molecule has 4 rings (SSSR count). The Kier molecular flexibility index (Phi) is 13.8. The number of hydrogen-bond acceptors (Lipinski definition) is 6. The van der Waals surface area contributed by atoms with Crippen LogP contribution in [0.4, 0.5) is 10.2 Å². The number of carbonyl (C=O) groups is 3. The van der Waals surface area contributed by atoms with E-state index in [4.69, 9.17) is 10.5 Å². The van der Waals surface area contributed by atoms with Gasteiger partial charge in [0.2, 0.25) is 11.8 Å². The van der Waals surface area contributed by atoms with E-state index >= 15 is 0 Å². The molecule has 3 amide bonds. The zero-order chi connectivity index (χ0) is 30.3. The number of nitrogens with zero attached hydrogens (tertiary/aromatic N) is 3. The summed E-state index contributed by atoms with van der Waals surface area (Å²) in [6.07, 6.45) is 4.74. The van der Waals surface area contributed by atoms with Crippen LogP contribution in [-0.2, 0) is 25.7 Å². The van der Waals surface area contributed by atoms with Crippen molar-refractivity contribution < 1.29 is 23.5 Å². The first-order chi connectivity index (χ1) is 20.0. The molecule has 1 aliphatic heterocycles. The van der Waals surface area contributed by atoms with Gasteiger partial charge in [-0.05, 0) is 55.9 Å². The van der Waals surface area contributed by atoms with Crippen molar-refractivity contribution in [2.75, 3.05) is 25.0 Å². The zero-order valence-electron chi connectivity index (χ0n) is 25.1. The number of imidazole rings is 1. The number of halogens is 3. The maximum Gasteiger partial charge on any atom is 0.250 e. The summed E-state index contributed by atoms with van der Waals surface area (Å²) in [7, 11) is 0. The molecule has 0 radical (unpaired) electrons. The molecule has 1 aliphatic rings. The Balaban J connectivity index is 0.00000337. The molecule has 0 spiro atoms. The highest BCUT2D eigenvalue weighted by Gasteiger charge is 2.31. The van der Waals surface area contributed by atoms with Gasteiger partial charge in [0, 0.05) is 19.3 Å². The summed E-state index contributed by atoms with van der Waals surface area (Å²) in [4.78, 5) is 45.7. The van der Waals surface area contributed by atoms with Gasteiger partial charge in [-0.25, -0.2) is 9.37 Å². The lowest BCUT2D eigenvalue weighted by molar-refractivity contribution is -0.135. The largest absolute Gasteiger partial charge is 0.374 e. The molecule has 0 saturated carbocycles. The van der Waals surface area contributed by atoms with Gasteiger partial charge in [-0.2, -0.15) is 0 Å². The molecular formula is C31H41Cl2FN6O4. The lowest BCUT2D eigenvalue weighted by Gasteiger charge is -2.33. The van der Waals surface area contributed by atoms with E-state index in [1.165, 1.54) is 38.5 Å². The van der Waals surface area contributed by atoms with E-state index in [1.54, 1.807) is 21.6 Å². The van der Waals surface area contributed by atoms with Crippen LogP contribution in [-0.4, -0.2) is 63.4 Å². The van der Waals surface area contributed by atoms with Crippen molar-refractivity contribution in [1.82, 2.24) is 19.8 Å². The quantitative estimate of drug-likeness (QED) is 0.286. The normalized spacial score (nSPS) is 14.9. The van der Waals surface area contributed by atoms with Crippen molar-refractivity contribution in [3.05, 3.63) is 84.1 Å². The Morgan fingerprint density at radius 2 is 1.77 bits per heavy atom. The molecule has 2 aromatic carbocycles. The molecule has 1 unspecified atom stereocenters. The van der Waals surface area contributed by atoms with Gasteiger partial charge in [0.1, 0.15) is 17.9 Å². The van der Waals surface area contributed by atoms with Gasteiger partial charge in [0.05, 0.1) is 25.1 Å². The Morgan fingerprint density at radius 3 is 2.41 bits per heavy atom. The van der Waals surface area contributed by atoms with Gasteiger partial charge in [0.25, 0.3) is 5.91 Å². The van der Waals surface area contributed by atoms with Crippen molar-refractivity contribution in [1.29, 1.82) is 0 Å². The van der Waals surface area contributed by atoms with E-state index in [0.717, 1.165) is 18.4 Å². The van der Waals surface area contributed by atoms with Gasteiger partial charge < -0.3 is 30.6 Å². The van der Waals surface area contributed by atoms with Crippen LogP contribution in [0.25, 0.3) is 0 Å². The third-order valence-corrected chi connectivity index (χ3v) is 7.25. The minimum absolute atomic E-state index is 0. The predicted octanol–water partition coefficient (Wildman–Crippen LogP) is 4.09. The van der Waals surface area contributed by atoms with Crippen LogP contribution in [0.2, 0.25) is 0 Å². The molecule has 1 saturated heterocycles. The molecule has 44 heavy (non-hydrogen) atoms. The number of aromatic nitrogens is 2. The summed E-state index contributed by atoms with van der Waals surface area (Å²) < 4.78 is 21.5. The number of hydrogen-bond donors (Lipinski definition) is 3. The van der Waals surface area contributed by atoms with Crippen LogP contribution in [0.1, 0.15) is 50.8 Å². The average Bonchev–Trinajstić information content (AvgIpc) is 3.40. The lowest BCUT2D eigenvalue weighted by atomic mass is 9.97. The second-order valence-corrected chi connectivity index (χ2v) is 11.4. The van der Waals surface area contributed by atoms with Crippen LogP contribution >= 0.6 is 24.8 Å². The van der Waals surface area contributed by atoms with E-state index in [0.29, 0.717) is 24.6 Å². The summed E-state index contributed by atoms with van der Waals surface area (Å²) in [6, 6.07) is 13.4. The number of amides is 3. The maximum atomic E-state index is 14.2. The lowest BCUT2D eigenvalue weighted by Crippen LogP contribution is -2.56. The second kappa shape index (κ2) is 16.5. The molecule has 13 heteroatoms. The number of nitrogens with one attached hydrogen (secondary N) is 2. The second-order valence-electron chi connectivity index (χ2n) is 11.4. The number of rotatable bonds is 11. The first-order valence-electron chi connectivity index (χ1n) is 14.1. The number of benzene rings is 2. The smallest absolute Gasteiger partial charge is 0.250 e. The summed E-state index contributed by atoms with van der Waals surface area (Å²) in [5.74, 6) is -1.02. The average molecular weight is 652 g/mol. The number of carbonyl (C=O) groups excluding carboxylic acids is 3. The fourth-order valence-electron chi connectivity index (χ4n) is 4.67. The minimum Gasteiger partial charge on any atom is -0.374 e. The molecule has 1 aromatic heterocycles.